The van der Waals surface area contributed by atoms with Gasteiger partial charge in [0, 0.05) is 13.1 Å². The van der Waals surface area contributed by atoms with Crippen molar-refractivity contribution in [2.45, 2.75) is 31.6 Å². The van der Waals surface area contributed by atoms with E-state index in [-0.39, 0.29) is 17.7 Å². The van der Waals surface area contributed by atoms with E-state index in [1.165, 1.54) is 18.2 Å². The zero-order chi connectivity index (χ0) is 21.2. The van der Waals surface area contributed by atoms with Gasteiger partial charge in [-0.15, -0.1) is 0 Å². The van der Waals surface area contributed by atoms with E-state index in [4.69, 9.17) is 0 Å². The Balaban J connectivity index is 1.83. The lowest BCUT2D eigenvalue weighted by atomic mass is 10.1. The lowest BCUT2D eigenvalue weighted by Crippen LogP contribution is -2.22. The standard InChI is InChI=1S/C20H18F6N2O/c21-19(22,23)14-5-3-4-13(10-14)11-18(29)27-16-12-15(20(24,25)26)6-7-17(16)28-8-1-2-9-28/h3-7,10,12H,1-2,8-9,11H2,(H,27,29). The van der Waals surface area contributed by atoms with Crippen LogP contribution in [0.5, 0.6) is 0 Å². The third kappa shape index (κ3) is 5.21. The maximum Gasteiger partial charge on any atom is 0.416 e. The van der Waals surface area contributed by atoms with Crippen LogP contribution in [-0.4, -0.2) is 19.0 Å². The van der Waals surface area contributed by atoms with E-state index in [9.17, 15) is 31.1 Å². The van der Waals surface area contributed by atoms with Crippen LogP contribution in [0.1, 0.15) is 29.5 Å². The number of hydrogen-bond donors (Lipinski definition) is 1. The summed E-state index contributed by atoms with van der Waals surface area (Å²) in [4.78, 5) is 14.3. The third-order valence-electron chi connectivity index (χ3n) is 4.66. The second-order valence-corrected chi connectivity index (χ2v) is 6.85. The zero-order valence-electron chi connectivity index (χ0n) is 15.2. The van der Waals surface area contributed by atoms with Gasteiger partial charge in [0.15, 0.2) is 0 Å². The van der Waals surface area contributed by atoms with E-state index in [1.807, 2.05) is 4.90 Å². The van der Waals surface area contributed by atoms with Crippen LogP contribution in [-0.2, 0) is 23.6 Å². The molecule has 1 fully saturated rings. The summed E-state index contributed by atoms with van der Waals surface area (Å²) >= 11 is 0. The summed E-state index contributed by atoms with van der Waals surface area (Å²) in [7, 11) is 0. The highest BCUT2D eigenvalue weighted by Gasteiger charge is 2.32. The van der Waals surface area contributed by atoms with Crippen LogP contribution in [0.2, 0.25) is 0 Å². The molecule has 0 bridgehead atoms. The first-order valence-electron chi connectivity index (χ1n) is 8.96. The highest BCUT2D eigenvalue weighted by molar-refractivity contribution is 5.95. The molecule has 1 aliphatic rings. The van der Waals surface area contributed by atoms with E-state index in [1.54, 1.807) is 0 Å². The van der Waals surface area contributed by atoms with Crippen LogP contribution in [0.4, 0.5) is 37.7 Å². The van der Waals surface area contributed by atoms with Gasteiger partial charge in [0.05, 0.1) is 28.9 Å². The maximum atomic E-state index is 13.1. The van der Waals surface area contributed by atoms with E-state index < -0.39 is 29.4 Å². The summed E-state index contributed by atoms with van der Waals surface area (Å²) < 4.78 is 77.7. The molecule has 2 aromatic rings. The molecule has 1 heterocycles. The molecule has 0 spiro atoms. The Labute approximate surface area is 163 Å². The fourth-order valence-corrected chi connectivity index (χ4v) is 3.28. The fourth-order valence-electron chi connectivity index (χ4n) is 3.28. The number of rotatable bonds is 4. The number of benzene rings is 2. The van der Waals surface area contributed by atoms with Gasteiger partial charge >= 0.3 is 12.4 Å². The highest BCUT2D eigenvalue weighted by Crippen LogP contribution is 2.36. The lowest BCUT2D eigenvalue weighted by Gasteiger charge is -2.23. The second-order valence-electron chi connectivity index (χ2n) is 6.85. The molecule has 29 heavy (non-hydrogen) atoms. The third-order valence-corrected chi connectivity index (χ3v) is 4.66. The molecule has 1 aliphatic heterocycles. The van der Waals surface area contributed by atoms with Crippen molar-refractivity contribution in [3.8, 4) is 0 Å². The number of nitrogens with one attached hydrogen (secondary N) is 1. The SMILES string of the molecule is O=C(Cc1cccc(C(F)(F)F)c1)Nc1cc(C(F)(F)F)ccc1N1CCCC1. The monoisotopic (exact) mass is 416 g/mol. The predicted octanol–water partition coefficient (Wildman–Crippen LogP) is 5.51. The summed E-state index contributed by atoms with van der Waals surface area (Å²) in [5.74, 6) is -0.691. The van der Waals surface area contributed by atoms with Crippen molar-refractivity contribution in [3.63, 3.8) is 0 Å². The number of carbonyl (C=O) groups is 1. The molecule has 9 heteroatoms. The van der Waals surface area contributed by atoms with Gasteiger partial charge in [-0.05, 0) is 42.7 Å². The molecule has 0 atom stereocenters. The fraction of sp³-hybridized carbons (Fsp3) is 0.350. The number of halogens is 6. The highest BCUT2D eigenvalue weighted by atomic mass is 19.4. The molecular weight excluding hydrogens is 398 g/mol. The maximum absolute atomic E-state index is 13.1. The molecule has 0 aromatic heterocycles. The largest absolute Gasteiger partial charge is 0.416 e. The Bertz CT molecular complexity index is 885. The summed E-state index contributed by atoms with van der Waals surface area (Å²) in [6.45, 7) is 1.31. The average molecular weight is 416 g/mol. The van der Waals surface area contributed by atoms with Crippen molar-refractivity contribution in [2.75, 3.05) is 23.3 Å². The van der Waals surface area contributed by atoms with Gasteiger partial charge in [0.2, 0.25) is 5.91 Å². The topological polar surface area (TPSA) is 32.3 Å². The molecule has 0 unspecified atom stereocenters. The minimum absolute atomic E-state index is 0.00120. The quantitative estimate of drug-likeness (QED) is 0.667. The Morgan fingerprint density at radius 1 is 0.897 bits per heavy atom. The summed E-state index contributed by atoms with van der Waals surface area (Å²) in [6.07, 6.45) is -7.74. The summed E-state index contributed by atoms with van der Waals surface area (Å²) in [5.41, 5.74) is -1.21. The van der Waals surface area contributed by atoms with Crippen molar-refractivity contribution >= 4 is 17.3 Å². The van der Waals surface area contributed by atoms with Crippen molar-refractivity contribution < 1.29 is 31.1 Å². The first kappa shape index (κ1) is 21.0. The van der Waals surface area contributed by atoms with Gasteiger partial charge in [-0.3, -0.25) is 4.79 Å². The Morgan fingerprint density at radius 2 is 1.52 bits per heavy atom. The van der Waals surface area contributed by atoms with Gasteiger partial charge in [0.1, 0.15) is 0 Å². The molecule has 3 nitrogen and oxygen atoms in total. The normalized spacial score (nSPS) is 14.9. The first-order valence-corrected chi connectivity index (χ1v) is 8.96. The summed E-state index contributed by atoms with van der Waals surface area (Å²) in [5, 5.41) is 2.44. The van der Waals surface area contributed by atoms with Crippen LogP contribution in [0.15, 0.2) is 42.5 Å². The van der Waals surface area contributed by atoms with Gasteiger partial charge in [-0.25, -0.2) is 0 Å². The van der Waals surface area contributed by atoms with Crippen molar-refractivity contribution in [3.05, 3.63) is 59.2 Å². The van der Waals surface area contributed by atoms with Crippen LogP contribution in [0.25, 0.3) is 0 Å². The van der Waals surface area contributed by atoms with E-state index in [0.717, 1.165) is 37.1 Å². The van der Waals surface area contributed by atoms with E-state index in [2.05, 4.69) is 5.32 Å². The molecule has 1 saturated heterocycles. The molecule has 2 aromatic carbocycles. The van der Waals surface area contributed by atoms with Crippen LogP contribution >= 0.6 is 0 Å². The Hall–Kier alpha value is -2.71. The smallest absolute Gasteiger partial charge is 0.370 e. The lowest BCUT2D eigenvalue weighted by molar-refractivity contribution is -0.138. The number of alkyl halides is 6. The zero-order valence-corrected chi connectivity index (χ0v) is 15.2. The van der Waals surface area contributed by atoms with Gasteiger partial charge < -0.3 is 10.2 Å². The molecule has 1 amide bonds. The Kier molecular flexibility index (Phi) is 5.77. The average Bonchev–Trinajstić information content (AvgIpc) is 3.14. The molecule has 1 N–H and O–H groups in total. The van der Waals surface area contributed by atoms with E-state index in [0.29, 0.717) is 18.8 Å². The van der Waals surface area contributed by atoms with Crippen LogP contribution in [0, 0.1) is 0 Å². The predicted molar refractivity (Wildman–Crippen MR) is 96.7 cm³/mol. The Morgan fingerprint density at radius 3 is 2.14 bits per heavy atom. The minimum Gasteiger partial charge on any atom is -0.370 e. The number of carbonyl (C=O) groups excluding carboxylic acids is 1. The minimum atomic E-state index is -4.58. The van der Waals surface area contributed by atoms with Crippen molar-refractivity contribution in [2.24, 2.45) is 0 Å². The van der Waals surface area contributed by atoms with Crippen LogP contribution < -0.4 is 10.2 Å². The number of amides is 1. The van der Waals surface area contributed by atoms with Crippen LogP contribution in [0.3, 0.4) is 0 Å². The first-order chi connectivity index (χ1) is 13.5. The summed E-state index contributed by atoms with van der Waals surface area (Å²) in [6, 6.07) is 7.42. The molecule has 0 aliphatic carbocycles. The molecular formula is C20H18F6N2O. The number of anilines is 2. The van der Waals surface area contributed by atoms with Gasteiger partial charge in [-0.1, -0.05) is 18.2 Å². The molecule has 0 saturated carbocycles. The van der Waals surface area contributed by atoms with Gasteiger partial charge in [-0.2, -0.15) is 26.3 Å². The second kappa shape index (κ2) is 7.96. The molecule has 3 rings (SSSR count). The number of nitrogens with zero attached hydrogens (tertiary/aromatic N) is 1. The number of hydrogen-bond acceptors (Lipinski definition) is 2. The van der Waals surface area contributed by atoms with E-state index >= 15 is 0 Å². The van der Waals surface area contributed by atoms with Crippen molar-refractivity contribution in [1.82, 2.24) is 0 Å². The van der Waals surface area contributed by atoms with Crippen molar-refractivity contribution in [1.29, 1.82) is 0 Å². The molecule has 156 valence electrons. The molecule has 0 radical (unpaired) electrons. The van der Waals surface area contributed by atoms with Gasteiger partial charge in [0.25, 0.3) is 0 Å².